The number of nitrogens with one attached hydrogen (secondary N) is 2. The highest BCUT2D eigenvalue weighted by Gasteiger charge is 2.33. The maximum absolute atomic E-state index is 12.4. The van der Waals surface area contributed by atoms with Gasteiger partial charge in [0.1, 0.15) is 5.69 Å². The number of H-pyrrole nitrogens is 1. The first-order chi connectivity index (χ1) is 10.4. The molecular weight excluding hydrogens is 301 g/mol. The first kappa shape index (κ1) is 16.8. The maximum atomic E-state index is 12.4. The van der Waals surface area contributed by atoms with Gasteiger partial charge in [-0.25, -0.2) is 0 Å². The summed E-state index contributed by atoms with van der Waals surface area (Å²) in [5.41, 5.74) is -1.33. The Kier molecular flexibility index (Phi) is 5.41. The van der Waals surface area contributed by atoms with Crippen molar-refractivity contribution in [1.82, 2.24) is 20.4 Å². The zero-order valence-electron chi connectivity index (χ0n) is 12.0. The Morgan fingerprint density at radius 2 is 2.27 bits per heavy atom. The fourth-order valence-electron chi connectivity index (χ4n) is 2.55. The molecule has 2 heterocycles. The van der Waals surface area contributed by atoms with E-state index in [1.807, 2.05) is 0 Å². The van der Waals surface area contributed by atoms with Crippen LogP contribution in [0.3, 0.4) is 0 Å². The molecule has 0 radical (unpaired) electrons. The standard InChI is InChI=1S/C13H19F3N4O2/c14-13(15,16)11-7-10(18-19-11)12(22)17-4-6-20-5-2-1-3-9(20)8-21/h7,9,21H,1-6,8H2,(H,17,22)(H,18,19)/t9-/m0/s1. The molecule has 0 spiro atoms. The molecule has 1 aromatic heterocycles. The monoisotopic (exact) mass is 320 g/mol. The third-order valence-electron chi connectivity index (χ3n) is 3.76. The molecule has 1 aliphatic rings. The van der Waals surface area contributed by atoms with Crippen LogP contribution in [0.25, 0.3) is 0 Å². The summed E-state index contributed by atoms with van der Waals surface area (Å²) in [5.74, 6) is -0.649. The van der Waals surface area contributed by atoms with Gasteiger partial charge in [0.05, 0.1) is 6.61 Å². The number of amides is 1. The molecule has 1 atom stereocenters. The Bertz CT molecular complexity index is 504. The zero-order chi connectivity index (χ0) is 16.2. The largest absolute Gasteiger partial charge is 0.432 e. The summed E-state index contributed by atoms with van der Waals surface area (Å²) in [4.78, 5) is 13.8. The Balaban J connectivity index is 1.81. The Labute approximate surface area is 125 Å². The highest BCUT2D eigenvalue weighted by molar-refractivity contribution is 5.92. The summed E-state index contributed by atoms with van der Waals surface area (Å²) < 4.78 is 37.2. The predicted molar refractivity (Wildman–Crippen MR) is 72.2 cm³/mol. The molecule has 22 heavy (non-hydrogen) atoms. The molecule has 2 rings (SSSR count). The van der Waals surface area contributed by atoms with E-state index in [1.165, 1.54) is 0 Å². The molecule has 1 saturated heterocycles. The van der Waals surface area contributed by atoms with Crippen LogP contribution in [0.1, 0.15) is 35.4 Å². The van der Waals surface area contributed by atoms with Gasteiger partial charge in [-0.05, 0) is 19.4 Å². The lowest BCUT2D eigenvalue weighted by atomic mass is 10.0. The maximum Gasteiger partial charge on any atom is 0.432 e. The second-order valence-electron chi connectivity index (χ2n) is 5.29. The van der Waals surface area contributed by atoms with Crippen LogP contribution in [0.15, 0.2) is 6.07 Å². The van der Waals surface area contributed by atoms with Gasteiger partial charge in [-0.15, -0.1) is 0 Å². The van der Waals surface area contributed by atoms with Gasteiger partial charge in [-0.1, -0.05) is 6.42 Å². The first-order valence-corrected chi connectivity index (χ1v) is 7.17. The lowest BCUT2D eigenvalue weighted by Gasteiger charge is -2.34. The van der Waals surface area contributed by atoms with Crippen LogP contribution < -0.4 is 5.32 Å². The molecule has 0 aliphatic carbocycles. The second-order valence-corrected chi connectivity index (χ2v) is 5.29. The third kappa shape index (κ3) is 4.20. The van der Waals surface area contributed by atoms with Crippen LogP contribution in [0.5, 0.6) is 0 Å². The normalized spacial score (nSPS) is 20.1. The lowest BCUT2D eigenvalue weighted by molar-refractivity contribution is -0.141. The zero-order valence-corrected chi connectivity index (χ0v) is 12.0. The highest BCUT2D eigenvalue weighted by atomic mass is 19.4. The fraction of sp³-hybridized carbons (Fsp3) is 0.692. The van der Waals surface area contributed by atoms with Crippen molar-refractivity contribution in [1.29, 1.82) is 0 Å². The topological polar surface area (TPSA) is 81.3 Å². The van der Waals surface area contributed by atoms with Crippen molar-refractivity contribution in [3.8, 4) is 0 Å². The van der Waals surface area contributed by atoms with Crippen molar-refractivity contribution in [2.24, 2.45) is 0 Å². The predicted octanol–water partition coefficient (Wildman–Crippen LogP) is 1.01. The van der Waals surface area contributed by atoms with E-state index in [-0.39, 0.29) is 18.3 Å². The first-order valence-electron chi connectivity index (χ1n) is 7.17. The molecule has 0 saturated carbocycles. The molecule has 124 valence electrons. The van der Waals surface area contributed by atoms with Crippen molar-refractivity contribution in [3.05, 3.63) is 17.5 Å². The van der Waals surface area contributed by atoms with Gasteiger partial charge < -0.3 is 10.4 Å². The minimum atomic E-state index is -4.55. The summed E-state index contributed by atoms with van der Waals surface area (Å²) in [6, 6.07) is 0.778. The minimum absolute atomic E-state index is 0.0717. The molecule has 0 bridgehead atoms. The number of aromatic nitrogens is 2. The van der Waals surface area contributed by atoms with Crippen LogP contribution in [-0.2, 0) is 6.18 Å². The van der Waals surface area contributed by atoms with Crippen LogP contribution in [0.4, 0.5) is 13.2 Å². The van der Waals surface area contributed by atoms with Crippen molar-refractivity contribution in [3.63, 3.8) is 0 Å². The van der Waals surface area contributed by atoms with Gasteiger partial charge in [0.15, 0.2) is 5.69 Å². The molecule has 1 aliphatic heterocycles. The third-order valence-corrected chi connectivity index (χ3v) is 3.76. The van der Waals surface area contributed by atoms with E-state index in [2.05, 4.69) is 15.3 Å². The van der Waals surface area contributed by atoms with Crippen LogP contribution in [-0.4, -0.2) is 58.4 Å². The molecule has 1 amide bonds. The molecular formula is C13H19F3N4O2. The van der Waals surface area contributed by atoms with Gasteiger partial charge in [0.2, 0.25) is 0 Å². The lowest BCUT2D eigenvalue weighted by Crippen LogP contribution is -2.45. The number of halogens is 3. The van der Waals surface area contributed by atoms with E-state index in [0.717, 1.165) is 25.8 Å². The van der Waals surface area contributed by atoms with Gasteiger partial charge in [0, 0.05) is 25.2 Å². The number of aliphatic hydroxyl groups is 1. The van der Waals surface area contributed by atoms with Gasteiger partial charge in [0.25, 0.3) is 5.91 Å². The Morgan fingerprint density at radius 1 is 1.50 bits per heavy atom. The number of nitrogens with zero attached hydrogens (tertiary/aromatic N) is 2. The number of likely N-dealkylation sites (tertiary alicyclic amines) is 1. The van der Waals surface area contributed by atoms with Crippen LogP contribution in [0.2, 0.25) is 0 Å². The van der Waals surface area contributed by atoms with Crippen molar-refractivity contribution >= 4 is 5.91 Å². The number of hydrogen-bond acceptors (Lipinski definition) is 4. The van der Waals surface area contributed by atoms with E-state index in [9.17, 15) is 23.1 Å². The molecule has 6 nitrogen and oxygen atoms in total. The van der Waals surface area contributed by atoms with E-state index in [4.69, 9.17) is 0 Å². The van der Waals surface area contributed by atoms with Gasteiger partial charge in [-0.3, -0.25) is 14.8 Å². The van der Waals surface area contributed by atoms with Crippen molar-refractivity contribution in [2.75, 3.05) is 26.2 Å². The van der Waals surface area contributed by atoms with E-state index in [1.54, 1.807) is 5.10 Å². The number of piperidine rings is 1. The Morgan fingerprint density at radius 3 is 2.91 bits per heavy atom. The fourth-order valence-corrected chi connectivity index (χ4v) is 2.55. The van der Waals surface area contributed by atoms with Crippen molar-refractivity contribution < 1.29 is 23.1 Å². The number of aromatic amines is 1. The van der Waals surface area contributed by atoms with E-state index >= 15 is 0 Å². The highest BCUT2D eigenvalue weighted by Crippen LogP contribution is 2.27. The van der Waals surface area contributed by atoms with Crippen LogP contribution in [0, 0.1) is 0 Å². The molecule has 3 N–H and O–H groups in total. The molecule has 1 fully saturated rings. The smallest absolute Gasteiger partial charge is 0.395 e. The molecule has 0 aromatic carbocycles. The molecule has 9 heteroatoms. The molecule has 0 unspecified atom stereocenters. The average Bonchev–Trinajstić information content (AvgIpc) is 2.97. The number of aliphatic hydroxyl groups excluding tert-OH is 1. The van der Waals surface area contributed by atoms with Gasteiger partial charge >= 0.3 is 6.18 Å². The second kappa shape index (κ2) is 7.10. The number of carbonyl (C=O) groups is 1. The summed E-state index contributed by atoms with van der Waals surface area (Å²) >= 11 is 0. The number of hydrogen-bond donors (Lipinski definition) is 3. The Hall–Kier alpha value is -1.61. The summed E-state index contributed by atoms with van der Waals surface area (Å²) in [6.45, 7) is 1.76. The summed E-state index contributed by atoms with van der Waals surface area (Å²) in [7, 11) is 0. The number of alkyl halides is 3. The average molecular weight is 320 g/mol. The van der Waals surface area contributed by atoms with Crippen molar-refractivity contribution in [2.45, 2.75) is 31.5 Å². The quantitative estimate of drug-likeness (QED) is 0.756. The van der Waals surface area contributed by atoms with E-state index < -0.39 is 17.8 Å². The summed E-state index contributed by atoms with van der Waals surface area (Å²) in [5, 5.41) is 17.0. The van der Waals surface area contributed by atoms with Crippen LogP contribution >= 0.6 is 0 Å². The number of carbonyl (C=O) groups excluding carboxylic acids is 1. The SMILES string of the molecule is O=C(NCCN1CCCC[C@H]1CO)c1cc(C(F)(F)F)[nH]n1. The van der Waals surface area contributed by atoms with Gasteiger partial charge in [-0.2, -0.15) is 18.3 Å². The van der Waals surface area contributed by atoms with E-state index in [0.29, 0.717) is 19.2 Å². The minimum Gasteiger partial charge on any atom is -0.395 e. The number of rotatable bonds is 5. The molecule has 1 aromatic rings. The summed E-state index contributed by atoms with van der Waals surface area (Å²) in [6.07, 6.45) is -1.52.